The number of hydrogen-bond donors (Lipinski definition) is 2. The molecule has 3 nitrogen and oxygen atoms in total. The molecule has 0 aliphatic heterocycles. The number of nitrogens with one attached hydrogen (secondary N) is 1. The van der Waals surface area contributed by atoms with Crippen molar-refractivity contribution in [2.75, 3.05) is 5.32 Å². The van der Waals surface area contributed by atoms with E-state index in [1.165, 1.54) is 0 Å². The number of rotatable bonds is 4. The number of benzene rings is 1. The van der Waals surface area contributed by atoms with E-state index >= 15 is 0 Å². The molecule has 0 saturated heterocycles. The van der Waals surface area contributed by atoms with Gasteiger partial charge in [0.25, 0.3) is 5.91 Å². The van der Waals surface area contributed by atoms with Crippen LogP contribution in [0.5, 0.6) is 0 Å². The molecule has 0 aliphatic rings. The van der Waals surface area contributed by atoms with E-state index in [-0.39, 0.29) is 5.91 Å². The van der Waals surface area contributed by atoms with Crippen LogP contribution in [0, 0.1) is 0 Å². The first-order valence-electron chi connectivity index (χ1n) is 5.59. The smallest absolute Gasteiger partial charge is 0.258 e. The minimum atomic E-state index is -0.291. The Kier molecular flexibility index (Phi) is 4.99. The molecule has 20 heavy (non-hydrogen) atoms. The SMILES string of the molecule is NC(=S)Cc1ccc(NC(=O)c2cc(Cl)sc2Cl)cc1. The lowest BCUT2D eigenvalue weighted by Crippen LogP contribution is -2.12. The number of hydrogen-bond acceptors (Lipinski definition) is 3. The van der Waals surface area contributed by atoms with Gasteiger partial charge in [0.1, 0.15) is 4.34 Å². The molecular weight excluding hydrogens is 335 g/mol. The molecule has 0 atom stereocenters. The minimum Gasteiger partial charge on any atom is -0.393 e. The van der Waals surface area contributed by atoms with E-state index < -0.39 is 0 Å². The molecular formula is C13H10Cl2N2OS2. The summed E-state index contributed by atoms with van der Waals surface area (Å²) < 4.78 is 0.851. The second-order valence-corrected chi connectivity index (χ2v) is 6.84. The zero-order valence-electron chi connectivity index (χ0n) is 10.2. The van der Waals surface area contributed by atoms with Gasteiger partial charge in [0, 0.05) is 12.1 Å². The predicted molar refractivity (Wildman–Crippen MR) is 89.2 cm³/mol. The van der Waals surface area contributed by atoms with Gasteiger partial charge in [-0.05, 0) is 23.8 Å². The van der Waals surface area contributed by atoms with Crippen molar-refractivity contribution in [1.29, 1.82) is 0 Å². The highest BCUT2D eigenvalue weighted by Crippen LogP contribution is 2.31. The molecule has 2 rings (SSSR count). The van der Waals surface area contributed by atoms with Crippen molar-refractivity contribution in [2.45, 2.75) is 6.42 Å². The van der Waals surface area contributed by atoms with Crippen LogP contribution in [0.1, 0.15) is 15.9 Å². The number of nitrogens with two attached hydrogens (primary N) is 1. The molecule has 104 valence electrons. The maximum absolute atomic E-state index is 12.0. The maximum Gasteiger partial charge on any atom is 0.258 e. The normalized spacial score (nSPS) is 10.3. The summed E-state index contributed by atoms with van der Waals surface area (Å²) in [4.78, 5) is 12.5. The van der Waals surface area contributed by atoms with Gasteiger partial charge in [-0.1, -0.05) is 47.6 Å². The van der Waals surface area contributed by atoms with E-state index in [2.05, 4.69) is 5.32 Å². The third-order valence-corrected chi connectivity index (χ3v) is 4.12. The van der Waals surface area contributed by atoms with Gasteiger partial charge in [0.2, 0.25) is 0 Å². The molecule has 0 radical (unpaired) electrons. The molecule has 0 bridgehead atoms. The van der Waals surface area contributed by atoms with E-state index in [1.807, 2.05) is 12.1 Å². The number of carbonyl (C=O) groups excluding carboxylic acids is 1. The van der Waals surface area contributed by atoms with Crippen molar-refractivity contribution in [2.24, 2.45) is 5.73 Å². The molecule has 1 aromatic carbocycles. The molecule has 0 saturated carbocycles. The Labute approximate surface area is 135 Å². The Morgan fingerprint density at radius 1 is 1.30 bits per heavy atom. The Hall–Kier alpha value is -1.14. The molecule has 0 spiro atoms. The monoisotopic (exact) mass is 344 g/mol. The molecule has 1 amide bonds. The zero-order valence-corrected chi connectivity index (χ0v) is 13.3. The summed E-state index contributed by atoms with van der Waals surface area (Å²) in [6, 6.07) is 8.83. The van der Waals surface area contributed by atoms with Crippen LogP contribution in [-0.4, -0.2) is 10.9 Å². The molecule has 7 heteroatoms. The molecule has 0 fully saturated rings. The number of thiophene rings is 1. The topological polar surface area (TPSA) is 55.1 Å². The predicted octanol–water partition coefficient (Wildman–Crippen LogP) is 4.14. The van der Waals surface area contributed by atoms with Crippen LogP contribution in [0.2, 0.25) is 8.67 Å². The first-order chi connectivity index (χ1) is 9.45. The number of halogens is 2. The number of thiocarbonyl (C=S) groups is 1. The highest BCUT2D eigenvalue weighted by molar-refractivity contribution is 7.80. The second kappa shape index (κ2) is 6.54. The first-order valence-corrected chi connectivity index (χ1v) is 7.57. The summed E-state index contributed by atoms with van der Waals surface area (Å²) in [5.74, 6) is -0.291. The third kappa shape index (κ3) is 3.93. The Morgan fingerprint density at radius 2 is 1.95 bits per heavy atom. The van der Waals surface area contributed by atoms with Crippen LogP contribution < -0.4 is 11.1 Å². The van der Waals surface area contributed by atoms with E-state index in [4.69, 9.17) is 41.2 Å². The van der Waals surface area contributed by atoms with Crippen molar-refractivity contribution in [1.82, 2.24) is 0 Å². The minimum absolute atomic E-state index is 0.291. The lowest BCUT2D eigenvalue weighted by molar-refractivity contribution is 0.102. The van der Waals surface area contributed by atoms with Crippen molar-refractivity contribution in [3.8, 4) is 0 Å². The van der Waals surface area contributed by atoms with E-state index in [0.29, 0.717) is 31.3 Å². The quantitative estimate of drug-likeness (QED) is 0.819. The van der Waals surface area contributed by atoms with Crippen LogP contribution in [0.3, 0.4) is 0 Å². The number of carbonyl (C=O) groups is 1. The highest BCUT2D eigenvalue weighted by atomic mass is 35.5. The van der Waals surface area contributed by atoms with Crippen LogP contribution in [0.15, 0.2) is 30.3 Å². The van der Waals surface area contributed by atoms with Gasteiger partial charge >= 0.3 is 0 Å². The Morgan fingerprint density at radius 3 is 2.45 bits per heavy atom. The Balaban J connectivity index is 2.08. The molecule has 1 heterocycles. The van der Waals surface area contributed by atoms with Crippen LogP contribution >= 0.6 is 46.8 Å². The molecule has 0 unspecified atom stereocenters. The fourth-order valence-electron chi connectivity index (χ4n) is 1.60. The van der Waals surface area contributed by atoms with Crippen molar-refractivity contribution < 1.29 is 4.79 Å². The highest BCUT2D eigenvalue weighted by Gasteiger charge is 2.14. The summed E-state index contributed by atoms with van der Waals surface area (Å²) in [6.07, 6.45) is 0.537. The standard InChI is InChI=1S/C13H10Cl2N2OS2/c14-10-6-9(12(15)20-10)13(18)17-8-3-1-7(2-4-8)5-11(16)19/h1-4,6H,5H2,(H2,16,19)(H,17,18). The van der Waals surface area contributed by atoms with Crippen molar-refractivity contribution >= 4 is 63.3 Å². The molecule has 1 aromatic heterocycles. The summed E-state index contributed by atoms with van der Waals surface area (Å²) in [7, 11) is 0. The fraction of sp³-hybridized carbons (Fsp3) is 0.0769. The largest absolute Gasteiger partial charge is 0.393 e. The van der Waals surface area contributed by atoms with E-state index in [9.17, 15) is 4.79 Å². The summed E-state index contributed by atoms with van der Waals surface area (Å²) in [6.45, 7) is 0. The average molecular weight is 345 g/mol. The number of anilines is 1. The lowest BCUT2D eigenvalue weighted by atomic mass is 10.1. The van der Waals surface area contributed by atoms with Crippen molar-refractivity contribution in [3.63, 3.8) is 0 Å². The zero-order chi connectivity index (χ0) is 14.7. The second-order valence-electron chi connectivity index (χ2n) is 4.03. The average Bonchev–Trinajstić information content (AvgIpc) is 2.70. The molecule has 3 N–H and O–H groups in total. The Bertz CT molecular complexity index is 653. The van der Waals surface area contributed by atoms with E-state index in [0.717, 1.165) is 16.9 Å². The van der Waals surface area contributed by atoms with Crippen LogP contribution in [0.25, 0.3) is 0 Å². The van der Waals surface area contributed by atoms with Gasteiger partial charge in [-0.25, -0.2) is 0 Å². The first kappa shape index (κ1) is 15.3. The van der Waals surface area contributed by atoms with Gasteiger partial charge < -0.3 is 11.1 Å². The lowest BCUT2D eigenvalue weighted by Gasteiger charge is -2.05. The van der Waals surface area contributed by atoms with Crippen LogP contribution in [-0.2, 0) is 6.42 Å². The van der Waals surface area contributed by atoms with Gasteiger partial charge in [-0.15, -0.1) is 11.3 Å². The van der Waals surface area contributed by atoms with Gasteiger partial charge in [0.05, 0.1) is 14.9 Å². The fourth-order valence-corrected chi connectivity index (χ4v) is 3.23. The molecule has 2 aromatic rings. The van der Waals surface area contributed by atoms with Gasteiger partial charge in [0.15, 0.2) is 0 Å². The maximum atomic E-state index is 12.0. The number of amides is 1. The summed E-state index contributed by atoms with van der Waals surface area (Å²) in [5, 5.41) is 2.75. The van der Waals surface area contributed by atoms with Crippen LogP contribution in [0.4, 0.5) is 5.69 Å². The summed E-state index contributed by atoms with van der Waals surface area (Å²) >= 11 is 17.7. The van der Waals surface area contributed by atoms with Gasteiger partial charge in [-0.2, -0.15) is 0 Å². The van der Waals surface area contributed by atoms with E-state index in [1.54, 1.807) is 18.2 Å². The van der Waals surface area contributed by atoms with Crippen molar-refractivity contribution in [3.05, 3.63) is 50.1 Å². The third-order valence-electron chi connectivity index (χ3n) is 2.49. The molecule has 0 aliphatic carbocycles. The summed E-state index contributed by atoms with van der Waals surface area (Å²) in [5.41, 5.74) is 7.50. The van der Waals surface area contributed by atoms with Gasteiger partial charge in [-0.3, -0.25) is 4.79 Å².